The topological polar surface area (TPSA) is 29.9 Å². The Bertz CT molecular complexity index is 278. The number of nitrogens with one attached hydrogen (secondary N) is 1. The molecule has 1 N–H and O–H groups in total. The van der Waals surface area contributed by atoms with Crippen molar-refractivity contribution in [1.82, 2.24) is 9.78 Å². The van der Waals surface area contributed by atoms with E-state index >= 15 is 0 Å². The number of rotatable bonds is 6. The van der Waals surface area contributed by atoms with E-state index in [0.29, 0.717) is 6.04 Å². The van der Waals surface area contributed by atoms with E-state index in [1.165, 1.54) is 6.42 Å². The minimum absolute atomic E-state index is 0.499. The molecule has 0 saturated carbocycles. The fraction of sp³-hybridized carbons (Fsp3) is 0.750. The van der Waals surface area contributed by atoms with Crippen molar-refractivity contribution < 1.29 is 0 Å². The molecule has 3 heteroatoms. The maximum atomic E-state index is 4.48. The summed E-state index contributed by atoms with van der Waals surface area (Å²) in [6.45, 7) is 9.84. The van der Waals surface area contributed by atoms with Gasteiger partial charge in [0.25, 0.3) is 0 Å². The van der Waals surface area contributed by atoms with Crippen LogP contribution < -0.4 is 5.32 Å². The van der Waals surface area contributed by atoms with E-state index in [2.05, 4.69) is 38.1 Å². The van der Waals surface area contributed by atoms with Gasteiger partial charge in [-0.15, -0.1) is 0 Å². The summed E-state index contributed by atoms with van der Waals surface area (Å²) < 4.78 is 2.02. The van der Waals surface area contributed by atoms with E-state index < -0.39 is 0 Å². The molecule has 0 spiro atoms. The van der Waals surface area contributed by atoms with Gasteiger partial charge in [0.15, 0.2) is 0 Å². The predicted octanol–water partition coefficient (Wildman–Crippen LogP) is 3.14. The Morgan fingerprint density at radius 3 is 2.73 bits per heavy atom. The summed E-state index contributed by atoms with van der Waals surface area (Å²) >= 11 is 0. The van der Waals surface area contributed by atoms with E-state index in [1.807, 2.05) is 16.9 Å². The van der Waals surface area contributed by atoms with Gasteiger partial charge in [0.05, 0.1) is 0 Å². The van der Waals surface area contributed by atoms with Crippen molar-refractivity contribution in [3.8, 4) is 0 Å². The standard InChI is InChI=1S/C12H23N3/c1-5-11(4)13-12-7-9-15(14-12)8-6-10(2)3/h7,9-11H,5-6,8H2,1-4H3,(H,13,14). The number of anilines is 1. The Morgan fingerprint density at radius 1 is 1.40 bits per heavy atom. The molecule has 1 aromatic rings. The van der Waals surface area contributed by atoms with Gasteiger partial charge in [-0.1, -0.05) is 20.8 Å². The molecule has 0 amide bonds. The highest BCUT2D eigenvalue weighted by Crippen LogP contribution is 2.08. The maximum absolute atomic E-state index is 4.48. The van der Waals surface area contributed by atoms with Crippen molar-refractivity contribution in [2.45, 2.75) is 53.1 Å². The SMILES string of the molecule is CCC(C)Nc1ccn(CCC(C)C)n1. The molecule has 1 heterocycles. The highest BCUT2D eigenvalue weighted by atomic mass is 15.3. The zero-order chi connectivity index (χ0) is 11.3. The van der Waals surface area contributed by atoms with Crippen molar-refractivity contribution in [3.05, 3.63) is 12.3 Å². The van der Waals surface area contributed by atoms with Crippen molar-refractivity contribution in [2.24, 2.45) is 5.92 Å². The van der Waals surface area contributed by atoms with Crippen molar-refractivity contribution in [1.29, 1.82) is 0 Å². The molecule has 86 valence electrons. The number of nitrogens with zero attached hydrogens (tertiary/aromatic N) is 2. The van der Waals surface area contributed by atoms with Gasteiger partial charge < -0.3 is 5.32 Å². The smallest absolute Gasteiger partial charge is 0.148 e. The third kappa shape index (κ3) is 4.36. The summed E-state index contributed by atoms with van der Waals surface area (Å²) in [5, 5.41) is 7.84. The molecule has 0 aliphatic carbocycles. The van der Waals surface area contributed by atoms with E-state index in [-0.39, 0.29) is 0 Å². The van der Waals surface area contributed by atoms with Gasteiger partial charge in [0.1, 0.15) is 5.82 Å². The molecule has 0 aliphatic heterocycles. The van der Waals surface area contributed by atoms with E-state index in [0.717, 1.165) is 24.7 Å². The first-order chi connectivity index (χ1) is 7.11. The van der Waals surface area contributed by atoms with Gasteiger partial charge in [0, 0.05) is 24.8 Å². The molecule has 1 atom stereocenters. The van der Waals surface area contributed by atoms with Crippen LogP contribution in [-0.4, -0.2) is 15.8 Å². The monoisotopic (exact) mass is 209 g/mol. The van der Waals surface area contributed by atoms with Crippen LogP contribution in [0, 0.1) is 5.92 Å². The second-order valence-electron chi connectivity index (χ2n) is 4.60. The van der Waals surface area contributed by atoms with E-state index in [9.17, 15) is 0 Å². The summed E-state index contributed by atoms with van der Waals surface area (Å²) in [5.41, 5.74) is 0. The maximum Gasteiger partial charge on any atom is 0.148 e. The third-order valence-corrected chi connectivity index (χ3v) is 2.58. The average molecular weight is 209 g/mol. The highest BCUT2D eigenvalue weighted by Gasteiger charge is 2.02. The zero-order valence-corrected chi connectivity index (χ0v) is 10.3. The summed E-state index contributed by atoms with van der Waals surface area (Å²) in [6, 6.07) is 2.55. The molecule has 1 unspecified atom stereocenters. The van der Waals surface area contributed by atoms with Crippen LogP contribution in [0.3, 0.4) is 0 Å². The average Bonchev–Trinajstić information content (AvgIpc) is 2.62. The number of hydrogen-bond donors (Lipinski definition) is 1. The molecule has 15 heavy (non-hydrogen) atoms. The molecule has 0 saturated heterocycles. The molecule has 0 aromatic carbocycles. The summed E-state index contributed by atoms with van der Waals surface area (Å²) in [5.74, 6) is 1.73. The Kier molecular flexibility index (Phi) is 4.66. The number of aryl methyl sites for hydroxylation is 1. The Labute approximate surface area is 92.9 Å². The van der Waals surface area contributed by atoms with Crippen LogP contribution in [0.25, 0.3) is 0 Å². The van der Waals surface area contributed by atoms with Crippen molar-refractivity contribution in [3.63, 3.8) is 0 Å². The van der Waals surface area contributed by atoms with Gasteiger partial charge in [-0.05, 0) is 25.7 Å². The van der Waals surface area contributed by atoms with Gasteiger partial charge in [-0.25, -0.2) is 0 Å². The normalized spacial score (nSPS) is 13.1. The fourth-order valence-corrected chi connectivity index (χ4v) is 1.31. The Morgan fingerprint density at radius 2 is 2.13 bits per heavy atom. The van der Waals surface area contributed by atoms with Crippen LogP contribution in [0.15, 0.2) is 12.3 Å². The van der Waals surface area contributed by atoms with Gasteiger partial charge in [-0.3, -0.25) is 4.68 Å². The minimum Gasteiger partial charge on any atom is -0.366 e. The quantitative estimate of drug-likeness (QED) is 0.780. The zero-order valence-electron chi connectivity index (χ0n) is 10.3. The molecule has 1 aromatic heterocycles. The second-order valence-corrected chi connectivity index (χ2v) is 4.60. The highest BCUT2D eigenvalue weighted by molar-refractivity contribution is 5.33. The number of hydrogen-bond acceptors (Lipinski definition) is 2. The molecule has 0 radical (unpaired) electrons. The van der Waals surface area contributed by atoms with Crippen molar-refractivity contribution in [2.75, 3.05) is 5.32 Å². The number of aromatic nitrogens is 2. The van der Waals surface area contributed by atoms with Crippen LogP contribution in [0.4, 0.5) is 5.82 Å². The Balaban J connectivity index is 2.42. The molecule has 0 bridgehead atoms. The molecular formula is C12H23N3. The minimum atomic E-state index is 0.499. The largest absolute Gasteiger partial charge is 0.366 e. The summed E-state index contributed by atoms with van der Waals surface area (Å²) in [4.78, 5) is 0. The predicted molar refractivity (Wildman–Crippen MR) is 65.1 cm³/mol. The van der Waals surface area contributed by atoms with Gasteiger partial charge in [-0.2, -0.15) is 5.10 Å². The first-order valence-electron chi connectivity index (χ1n) is 5.91. The first kappa shape index (κ1) is 12.1. The Hall–Kier alpha value is -0.990. The lowest BCUT2D eigenvalue weighted by molar-refractivity contribution is 0.487. The molecule has 3 nitrogen and oxygen atoms in total. The summed E-state index contributed by atoms with van der Waals surface area (Å²) in [6.07, 6.45) is 4.36. The molecular weight excluding hydrogens is 186 g/mol. The van der Waals surface area contributed by atoms with E-state index in [4.69, 9.17) is 0 Å². The van der Waals surface area contributed by atoms with E-state index in [1.54, 1.807) is 0 Å². The second kappa shape index (κ2) is 5.79. The lowest BCUT2D eigenvalue weighted by atomic mass is 10.1. The third-order valence-electron chi connectivity index (χ3n) is 2.58. The van der Waals surface area contributed by atoms with Crippen molar-refractivity contribution >= 4 is 5.82 Å². The van der Waals surface area contributed by atoms with Crippen LogP contribution in [0.1, 0.15) is 40.5 Å². The lowest BCUT2D eigenvalue weighted by Crippen LogP contribution is -2.14. The van der Waals surface area contributed by atoms with Gasteiger partial charge in [0.2, 0.25) is 0 Å². The molecule has 0 fully saturated rings. The summed E-state index contributed by atoms with van der Waals surface area (Å²) in [7, 11) is 0. The van der Waals surface area contributed by atoms with Crippen LogP contribution in [0.5, 0.6) is 0 Å². The molecule has 0 aliphatic rings. The molecule has 1 rings (SSSR count). The van der Waals surface area contributed by atoms with Crippen LogP contribution in [0.2, 0.25) is 0 Å². The first-order valence-corrected chi connectivity index (χ1v) is 5.91. The van der Waals surface area contributed by atoms with Gasteiger partial charge >= 0.3 is 0 Å². The van der Waals surface area contributed by atoms with Crippen LogP contribution in [-0.2, 0) is 6.54 Å². The van der Waals surface area contributed by atoms with Crippen LogP contribution >= 0.6 is 0 Å². The fourth-order valence-electron chi connectivity index (χ4n) is 1.31. The lowest BCUT2D eigenvalue weighted by Gasteiger charge is -2.09.